The van der Waals surface area contributed by atoms with Crippen LogP contribution in [0.4, 0.5) is 0 Å². The Bertz CT molecular complexity index is 701. The summed E-state index contributed by atoms with van der Waals surface area (Å²) in [4.78, 5) is 12.4. The number of rotatable bonds is 3. The molecule has 118 valence electrons. The maximum atomic E-state index is 12.4. The van der Waals surface area contributed by atoms with E-state index in [1.165, 1.54) is 22.3 Å². The number of hydrogen-bond donors (Lipinski definition) is 1. The van der Waals surface area contributed by atoms with Gasteiger partial charge in [0.1, 0.15) is 12.1 Å². The number of benzene rings is 2. The molecule has 0 aromatic heterocycles. The number of hydrogen-bond acceptors (Lipinski definition) is 3. The Labute approximate surface area is 136 Å². The van der Waals surface area contributed by atoms with Crippen LogP contribution in [0, 0.1) is 0 Å². The summed E-state index contributed by atoms with van der Waals surface area (Å²) in [5, 5.41) is 0. The van der Waals surface area contributed by atoms with E-state index in [1.807, 2.05) is 12.1 Å². The lowest BCUT2D eigenvalue weighted by Crippen LogP contribution is -2.46. The molecule has 0 bridgehead atoms. The molecule has 0 radical (unpaired) electrons. The van der Waals surface area contributed by atoms with E-state index in [9.17, 15) is 4.79 Å². The molecule has 0 spiro atoms. The molecule has 0 aliphatic heterocycles. The summed E-state index contributed by atoms with van der Waals surface area (Å²) in [6.45, 7) is 0.367. The summed E-state index contributed by atoms with van der Waals surface area (Å²) in [5.74, 6) is -0.131. The zero-order chi connectivity index (χ0) is 15.9. The fourth-order valence-corrected chi connectivity index (χ4v) is 3.95. The SMILES string of the molecule is NC1(C(=O)OCC2c3ccccc3-c3ccccc32)CCCC1. The first-order chi connectivity index (χ1) is 11.2. The molecule has 1 saturated carbocycles. The van der Waals surface area contributed by atoms with Gasteiger partial charge >= 0.3 is 5.97 Å². The summed E-state index contributed by atoms with van der Waals surface area (Å²) in [5.41, 5.74) is 10.4. The third kappa shape index (κ3) is 2.36. The van der Waals surface area contributed by atoms with Crippen LogP contribution in [-0.2, 0) is 9.53 Å². The molecule has 0 saturated heterocycles. The zero-order valence-corrected chi connectivity index (χ0v) is 13.1. The number of carbonyl (C=O) groups is 1. The van der Waals surface area contributed by atoms with Crippen molar-refractivity contribution in [3.8, 4) is 11.1 Å². The van der Waals surface area contributed by atoms with Gasteiger partial charge in [0.25, 0.3) is 0 Å². The summed E-state index contributed by atoms with van der Waals surface area (Å²) in [6.07, 6.45) is 3.51. The van der Waals surface area contributed by atoms with Crippen LogP contribution in [0.1, 0.15) is 42.7 Å². The van der Waals surface area contributed by atoms with Gasteiger partial charge in [0.15, 0.2) is 0 Å². The molecule has 0 unspecified atom stereocenters. The lowest BCUT2D eigenvalue weighted by Gasteiger charge is -2.23. The Morgan fingerprint density at radius 3 is 2.09 bits per heavy atom. The fourth-order valence-electron chi connectivity index (χ4n) is 3.95. The van der Waals surface area contributed by atoms with E-state index in [-0.39, 0.29) is 11.9 Å². The summed E-state index contributed by atoms with van der Waals surface area (Å²) < 4.78 is 5.66. The van der Waals surface area contributed by atoms with Crippen molar-refractivity contribution in [1.82, 2.24) is 0 Å². The van der Waals surface area contributed by atoms with Gasteiger partial charge in [-0.25, -0.2) is 0 Å². The van der Waals surface area contributed by atoms with Crippen molar-refractivity contribution < 1.29 is 9.53 Å². The van der Waals surface area contributed by atoms with Gasteiger partial charge in [-0.2, -0.15) is 0 Å². The predicted molar refractivity (Wildman–Crippen MR) is 90.1 cm³/mol. The summed E-state index contributed by atoms with van der Waals surface area (Å²) >= 11 is 0. The van der Waals surface area contributed by atoms with Crippen molar-refractivity contribution in [1.29, 1.82) is 0 Å². The Morgan fingerprint density at radius 2 is 1.52 bits per heavy atom. The van der Waals surface area contributed by atoms with E-state index >= 15 is 0 Å². The predicted octanol–water partition coefficient (Wildman–Crippen LogP) is 3.61. The van der Waals surface area contributed by atoms with Gasteiger partial charge < -0.3 is 10.5 Å². The maximum Gasteiger partial charge on any atom is 0.326 e. The molecule has 0 amide bonds. The lowest BCUT2D eigenvalue weighted by atomic mass is 9.97. The van der Waals surface area contributed by atoms with Gasteiger partial charge in [0, 0.05) is 5.92 Å². The van der Waals surface area contributed by atoms with Crippen LogP contribution in [0.15, 0.2) is 48.5 Å². The molecule has 2 aliphatic carbocycles. The molecule has 4 rings (SSSR count). The van der Waals surface area contributed by atoms with Crippen molar-refractivity contribution in [2.75, 3.05) is 6.61 Å². The Hall–Kier alpha value is -2.13. The lowest BCUT2D eigenvalue weighted by molar-refractivity contribution is -0.150. The first-order valence-electron chi connectivity index (χ1n) is 8.33. The Kier molecular flexibility index (Phi) is 3.46. The number of carbonyl (C=O) groups excluding carboxylic acids is 1. The Balaban J connectivity index is 1.58. The first-order valence-corrected chi connectivity index (χ1v) is 8.33. The molecular formula is C20H21NO2. The highest BCUT2D eigenvalue weighted by atomic mass is 16.5. The maximum absolute atomic E-state index is 12.4. The van der Waals surface area contributed by atoms with Gasteiger partial charge in [-0.05, 0) is 35.1 Å². The van der Waals surface area contributed by atoms with Crippen molar-refractivity contribution in [2.45, 2.75) is 37.1 Å². The summed E-state index contributed by atoms with van der Waals surface area (Å²) in [6, 6.07) is 16.7. The van der Waals surface area contributed by atoms with E-state index in [4.69, 9.17) is 10.5 Å². The fraction of sp³-hybridized carbons (Fsp3) is 0.350. The van der Waals surface area contributed by atoms with E-state index in [1.54, 1.807) is 0 Å². The van der Waals surface area contributed by atoms with E-state index in [2.05, 4.69) is 36.4 Å². The van der Waals surface area contributed by atoms with Crippen LogP contribution in [-0.4, -0.2) is 18.1 Å². The third-order valence-electron chi connectivity index (χ3n) is 5.25. The highest BCUT2D eigenvalue weighted by molar-refractivity contribution is 5.82. The van der Waals surface area contributed by atoms with Crippen molar-refractivity contribution in [3.63, 3.8) is 0 Å². The molecule has 2 aromatic carbocycles. The molecule has 0 atom stereocenters. The van der Waals surface area contributed by atoms with Crippen LogP contribution < -0.4 is 5.73 Å². The number of ether oxygens (including phenoxy) is 1. The van der Waals surface area contributed by atoms with Gasteiger partial charge in [0.2, 0.25) is 0 Å². The third-order valence-corrected chi connectivity index (χ3v) is 5.25. The molecule has 3 heteroatoms. The second-order valence-electron chi connectivity index (χ2n) is 6.69. The minimum absolute atomic E-state index is 0.108. The van der Waals surface area contributed by atoms with Gasteiger partial charge in [-0.1, -0.05) is 61.4 Å². The second kappa shape index (κ2) is 5.50. The molecular weight excluding hydrogens is 286 g/mol. The molecule has 23 heavy (non-hydrogen) atoms. The van der Waals surface area contributed by atoms with Gasteiger partial charge in [0.05, 0.1) is 0 Å². The normalized spacial score (nSPS) is 18.5. The van der Waals surface area contributed by atoms with Crippen LogP contribution in [0.5, 0.6) is 0 Å². The van der Waals surface area contributed by atoms with E-state index in [0.29, 0.717) is 6.61 Å². The molecule has 2 aliphatic rings. The smallest absolute Gasteiger partial charge is 0.326 e. The molecule has 0 heterocycles. The monoisotopic (exact) mass is 307 g/mol. The van der Waals surface area contributed by atoms with Crippen molar-refractivity contribution in [2.24, 2.45) is 5.73 Å². The van der Waals surface area contributed by atoms with Gasteiger partial charge in [-0.3, -0.25) is 4.79 Å². The van der Waals surface area contributed by atoms with Crippen molar-refractivity contribution >= 4 is 5.97 Å². The topological polar surface area (TPSA) is 52.3 Å². The quantitative estimate of drug-likeness (QED) is 0.881. The highest BCUT2D eigenvalue weighted by Crippen LogP contribution is 2.44. The number of nitrogens with two attached hydrogens (primary N) is 1. The standard InChI is InChI=1S/C20H21NO2/c21-20(11-5-6-12-20)19(22)23-13-18-16-9-3-1-7-14(16)15-8-2-4-10-17(15)18/h1-4,7-10,18H,5-6,11-13,21H2. The molecule has 1 fully saturated rings. The molecule has 3 nitrogen and oxygen atoms in total. The minimum atomic E-state index is -0.766. The second-order valence-corrected chi connectivity index (χ2v) is 6.69. The van der Waals surface area contributed by atoms with Gasteiger partial charge in [-0.15, -0.1) is 0 Å². The van der Waals surface area contributed by atoms with Crippen molar-refractivity contribution in [3.05, 3.63) is 59.7 Å². The average Bonchev–Trinajstić information content (AvgIpc) is 3.16. The highest BCUT2D eigenvalue weighted by Gasteiger charge is 2.39. The molecule has 2 aromatic rings. The first kappa shape index (κ1) is 14.5. The van der Waals surface area contributed by atoms with Crippen LogP contribution >= 0.6 is 0 Å². The summed E-state index contributed by atoms with van der Waals surface area (Å²) in [7, 11) is 0. The van der Waals surface area contributed by atoms with E-state index in [0.717, 1.165) is 25.7 Å². The molecule has 2 N–H and O–H groups in total. The van der Waals surface area contributed by atoms with Crippen LogP contribution in [0.2, 0.25) is 0 Å². The zero-order valence-electron chi connectivity index (χ0n) is 13.1. The van der Waals surface area contributed by atoms with Crippen LogP contribution in [0.3, 0.4) is 0 Å². The van der Waals surface area contributed by atoms with E-state index < -0.39 is 5.54 Å². The largest absolute Gasteiger partial charge is 0.463 e. The minimum Gasteiger partial charge on any atom is -0.463 e. The number of fused-ring (bicyclic) bond motifs is 3. The average molecular weight is 307 g/mol. The van der Waals surface area contributed by atoms with Crippen LogP contribution in [0.25, 0.3) is 11.1 Å². The Morgan fingerprint density at radius 1 is 1.00 bits per heavy atom. The number of esters is 1.